The number of hydrogen-bond acceptors (Lipinski definition) is 2. The van der Waals surface area contributed by atoms with Crippen molar-refractivity contribution in [1.82, 2.24) is 4.98 Å². The van der Waals surface area contributed by atoms with E-state index in [2.05, 4.69) is 33.0 Å². The van der Waals surface area contributed by atoms with Gasteiger partial charge in [-0.05, 0) is 46.0 Å². The summed E-state index contributed by atoms with van der Waals surface area (Å²) in [7, 11) is 0. The number of carbonyl (C=O) groups is 1. The highest BCUT2D eigenvalue weighted by molar-refractivity contribution is 9.10. The summed E-state index contributed by atoms with van der Waals surface area (Å²) in [6.07, 6.45) is 2.62. The number of carbonyl (C=O) groups excluding carboxylic acids is 1. The molecule has 1 saturated carbocycles. The fraction of sp³-hybridized carbons (Fsp3) is 0.200. The van der Waals surface area contributed by atoms with Crippen LogP contribution in [-0.2, 0) is 0 Å². The maximum absolute atomic E-state index is 12.2. The summed E-state index contributed by atoms with van der Waals surface area (Å²) in [6.45, 7) is 0. The van der Waals surface area contributed by atoms with Crippen LogP contribution in [0.15, 0.2) is 53.1 Å². The van der Waals surface area contributed by atoms with E-state index in [1.54, 1.807) is 12.3 Å². The maximum atomic E-state index is 12.2. The molecule has 1 fully saturated rings. The molecule has 2 aromatic rings. The minimum atomic E-state index is 0.112. The molecule has 0 spiro atoms. The lowest BCUT2D eigenvalue weighted by Gasteiger charge is -2.00. The summed E-state index contributed by atoms with van der Waals surface area (Å²) >= 11 is 3.32. The van der Waals surface area contributed by atoms with Gasteiger partial charge in [0, 0.05) is 16.6 Å². The highest BCUT2D eigenvalue weighted by Gasteiger charge is 2.44. The van der Waals surface area contributed by atoms with Gasteiger partial charge in [-0.2, -0.15) is 0 Å². The molecule has 1 heterocycles. The number of benzene rings is 1. The van der Waals surface area contributed by atoms with Gasteiger partial charge >= 0.3 is 0 Å². The molecule has 1 aliphatic rings. The van der Waals surface area contributed by atoms with Gasteiger partial charge in [-0.3, -0.25) is 9.78 Å². The largest absolute Gasteiger partial charge is 0.292 e. The predicted molar refractivity (Wildman–Crippen MR) is 73.6 cm³/mol. The summed E-state index contributed by atoms with van der Waals surface area (Å²) in [5.74, 6) is 0.654. The van der Waals surface area contributed by atoms with Crippen LogP contribution in [0, 0.1) is 5.92 Å². The van der Waals surface area contributed by atoms with E-state index in [1.807, 2.05) is 24.3 Å². The Morgan fingerprint density at radius 1 is 1.17 bits per heavy atom. The Morgan fingerprint density at radius 3 is 2.61 bits per heavy atom. The van der Waals surface area contributed by atoms with Crippen LogP contribution in [-0.4, -0.2) is 10.8 Å². The molecule has 2 atom stereocenters. The molecule has 1 aliphatic carbocycles. The van der Waals surface area contributed by atoms with Gasteiger partial charge in [0.1, 0.15) is 5.69 Å². The standard InChI is InChI=1S/C15H12BrNO/c16-11-6-7-14(17-9-11)15(18)13-8-12(13)10-4-2-1-3-5-10/h1-7,9,12-13H,8H2. The molecular formula is C15H12BrNO. The topological polar surface area (TPSA) is 30.0 Å². The Bertz CT molecular complexity index is 565. The molecule has 2 nitrogen and oxygen atoms in total. The summed E-state index contributed by atoms with van der Waals surface area (Å²) in [5, 5.41) is 0. The van der Waals surface area contributed by atoms with Crippen LogP contribution < -0.4 is 0 Å². The molecule has 18 heavy (non-hydrogen) atoms. The van der Waals surface area contributed by atoms with Crippen molar-refractivity contribution in [2.45, 2.75) is 12.3 Å². The van der Waals surface area contributed by atoms with Gasteiger partial charge in [0.2, 0.25) is 0 Å². The van der Waals surface area contributed by atoms with Crippen molar-refractivity contribution in [3.8, 4) is 0 Å². The van der Waals surface area contributed by atoms with E-state index in [0.717, 1.165) is 10.9 Å². The van der Waals surface area contributed by atoms with Crippen molar-refractivity contribution >= 4 is 21.7 Å². The Morgan fingerprint density at radius 2 is 1.94 bits per heavy atom. The lowest BCUT2D eigenvalue weighted by atomic mass is 10.1. The van der Waals surface area contributed by atoms with Crippen molar-refractivity contribution in [2.24, 2.45) is 5.92 Å². The summed E-state index contributed by atoms with van der Waals surface area (Å²) in [4.78, 5) is 16.4. The second kappa shape index (κ2) is 4.65. The molecule has 1 aromatic carbocycles. The fourth-order valence-corrected chi connectivity index (χ4v) is 2.50. The molecule has 3 rings (SSSR count). The van der Waals surface area contributed by atoms with E-state index in [-0.39, 0.29) is 11.7 Å². The van der Waals surface area contributed by atoms with Crippen LogP contribution in [0.25, 0.3) is 0 Å². The van der Waals surface area contributed by atoms with Crippen molar-refractivity contribution in [3.05, 3.63) is 64.4 Å². The van der Waals surface area contributed by atoms with Gasteiger partial charge < -0.3 is 0 Å². The number of ketones is 1. The SMILES string of the molecule is O=C(c1ccc(Br)cn1)C1CC1c1ccccc1. The second-order valence-electron chi connectivity index (χ2n) is 4.59. The Hall–Kier alpha value is -1.48. The fourth-order valence-electron chi connectivity index (χ4n) is 2.26. The zero-order valence-electron chi connectivity index (χ0n) is 9.71. The quantitative estimate of drug-likeness (QED) is 0.807. The Labute approximate surface area is 114 Å². The third-order valence-corrected chi connectivity index (χ3v) is 3.80. The Kier molecular flexibility index (Phi) is 3.00. The summed E-state index contributed by atoms with van der Waals surface area (Å²) in [5.41, 5.74) is 1.83. The normalized spacial score (nSPS) is 21.6. The average molecular weight is 302 g/mol. The third kappa shape index (κ3) is 2.23. The first kappa shape index (κ1) is 11.6. The molecule has 2 unspecified atom stereocenters. The lowest BCUT2D eigenvalue weighted by molar-refractivity contribution is 0.0960. The number of aromatic nitrogens is 1. The second-order valence-corrected chi connectivity index (χ2v) is 5.50. The van der Waals surface area contributed by atoms with E-state index in [9.17, 15) is 4.79 Å². The smallest absolute Gasteiger partial charge is 0.184 e. The highest BCUT2D eigenvalue weighted by Crippen LogP contribution is 2.48. The van der Waals surface area contributed by atoms with Gasteiger partial charge in [-0.25, -0.2) is 0 Å². The molecular weight excluding hydrogens is 290 g/mol. The van der Waals surface area contributed by atoms with E-state index in [0.29, 0.717) is 11.6 Å². The average Bonchev–Trinajstić information content (AvgIpc) is 3.20. The number of nitrogens with zero attached hydrogens (tertiary/aromatic N) is 1. The van der Waals surface area contributed by atoms with Gasteiger partial charge in [0.05, 0.1) is 0 Å². The lowest BCUT2D eigenvalue weighted by Crippen LogP contribution is -2.05. The summed E-state index contributed by atoms with van der Waals surface area (Å²) < 4.78 is 0.898. The van der Waals surface area contributed by atoms with E-state index >= 15 is 0 Å². The molecule has 0 saturated heterocycles. The minimum Gasteiger partial charge on any atom is -0.292 e. The van der Waals surface area contributed by atoms with E-state index < -0.39 is 0 Å². The highest BCUT2D eigenvalue weighted by atomic mass is 79.9. The van der Waals surface area contributed by atoms with Crippen molar-refractivity contribution in [2.75, 3.05) is 0 Å². The molecule has 90 valence electrons. The maximum Gasteiger partial charge on any atom is 0.184 e. The molecule has 0 N–H and O–H groups in total. The van der Waals surface area contributed by atoms with Gasteiger partial charge in [-0.1, -0.05) is 30.3 Å². The minimum absolute atomic E-state index is 0.112. The van der Waals surface area contributed by atoms with Crippen LogP contribution in [0.5, 0.6) is 0 Å². The first-order valence-electron chi connectivity index (χ1n) is 5.96. The number of halogens is 1. The molecule has 0 amide bonds. The summed E-state index contributed by atoms with van der Waals surface area (Å²) in [6, 6.07) is 13.9. The van der Waals surface area contributed by atoms with Gasteiger partial charge in [-0.15, -0.1) is 0 Å². The van der Waals surface area contributed by atoms with Gasteiger partial charge in [0.25, 0.3) is 0 Å². The molecule has 0 bridgehead atoms. The predicted octanol–water partition coefficient (Wildman–Crippen LogP) is 3.83. The molecule has 1 aromatic heterocycles. The number of hydrogen-bond donors (Lipinski definition) is 0. The number of pyridine rings is 1. The number of Topliss-reactive ketones (excluding diaryl/α,β-unsaturated/α-hetero) is 1. The van der Waals surface area contributed by atoms with Crippen LogP contribution in [0.3, 0.4) is 0 Å². The van der Waals surface area contributed by atoms with Crippen LogP contribution in [0.1, 0.15) is 28.4 Å². The Balaban J connectivity index is 1.75. The molecule has 0 aliphatic heterocycles. The van der Waals surface area contributed by atoms with Crippen molar-refractivity contribution in [3.63, 3.8) is 0 Å². The van der Waals surface area contributed by atoms with E-state index in [4.69, 9.17) is 0 Å². The first-order valence-corrected chi connectivity index (χ1v) is 6.76. The van der Waals surface area contributed by atoms with Crippen LogP contribution in [0.4, 0.5) is 0 Å². The van der Waals surface area contributed by atoms with Crippen LogP contribution in [0.2, 0.25) is 0 Å². The van der Waals surface area contributed by atoms with Crippen molar-refractivity contribution < 1.29 is 4.79 Å². The van der Waals surface area contributed by atoms with Crippen molar-refractivity contribution in [1.29, 1.82) is 0 Å². The number of rotatable bonds is 3. The third-order valence-electron chi connectivity index (χ3n) is 3.33. The zero-order valence-corrected chi connectivity index (χ0v) is 11.3. The van der Waals surface area contributed by atoms with Gasteiger partial charge in [0.15, 0.2) is 5.78 Å². The molecule has 3 heteroatoms. The van der Waals surface area contributed by atoms with Crippen LogP contribution >= 0.6 is 15.9 Å². The molecule has 0 radical (unpaired) electrons. The van der Waals surface area contributed by atoms with E-state index in [1.165, 1.54) is 5.56 Å². The monoisotopic (exact) mass is 301 g/mol. The zero-order chi connectivity index (χ0) is 12.5. The first-order chi connectivity index (χ1) is 8.75.